The zero-order chi connectivity index (χ0) is 22.4. The Balaban J connectivity index is 0.00000289. The molecule has 0 unspecified atom stereocenters. The van der Waals surface area contributed by atoms with E-state index in [0.717, 1.165) is 6.07 Å². The fourth-order valence-corrected chi connectivity index (χ4v) is 4.84. The van der Waals surface area contributed by atoms with Crippen molar-refractivity contribution in [3.8, 4) is 5.75 Å². The number of hydrogen-bond acceptors (Lipinski definition) is 8. The Morgan fingerprint density at radius 3 is 1.94 bits per heavy atom. The van der Waals surface area contributed by atoms with Crippen molar-refractivity contribution in [3.05, 3.63) is 66.7 Å². The van der Waals surface area contributed by atoms with Gasteiger partial charge in [-0.05, 0) is 16.8 Å². The average Bonchev–Trinajstić information content (AvgIpc) is 2.70. The topological polar surface area (TPSA) is 159 Å². The van der Waals surface area contributed by atoms with E-state index in [9.17, 15) is 31.0 Å². The molecule has 0 aromatic heterocycles. The van der Waals surface area contributed by atoms with E-state index >= 15 is 0 Å². The summed E-state index contributed by atoms with van der Waals surface area (Å²) in [6.07, 6.45) is 0. The Morgan fingerprint density at radius 2 is 1.31 bits per heavy atom. The van der Waals surface area contributed by atoms with E-state index in [1.54, 1.807) is 30.3 Å². The Kier molecular flexibility index (Phi) is 7.14. The maximum Gasteiger partial charge on any atom is 2.00 e. The van der Waals surface area contributed by atoms with Crippen LogP contribution >= 0.6 is 0 Å². The molecule has 0 aliphatic rings. The molecule has 158 valence electrons. The van der Waals surface area contributed by atoms with Crippen LogP contribution in [0.15, 0.2) is 86.7 Å². The smallest absolute Gasteiger partial charge is 0.871 e. The molecule has 0 bridgehead atoms. The summed E-state index contributed by atoms with van der Waals surface area (Å²) in [5.74, 6) is -0.553. The molecule has 4 aromatic carbocycles. The Bertz CT molecular complexity index is 1600. The maximum absolute atomic E-state index is 12.3. The zero-order valence-electron chi connectivity index (χ0n) is 16.2. The first-order valence-electron chi connectivity index (χ1n) is 8.67. The third-order valence-corrected chi connectivity index (χ3v) is 6.36. The zero-order valence-corrected chi connectivity index (χ0v) is 22.2. The number of hydrogen-bond donors (Lipinski definition) is 1. The van der Waals surface area contributed by atoms with Gasteiger partial charge in [0.2, 0.25) is 0 Å². The van der Waals surface area contributed by atoms with E-state index in [0.29, 0.717) is 10.8 Å². The second kappa shape index (κ2) is 9.21. The van der Waals surface area contributed by atoms with E-state index in [2.05, 4.69) is 10.2 Å². The molecule has 0 fully saturated rings. The molecule has 0 radical (unpaired) electrons. The standard InChI is InChI=1S/C20H14N2O7S2.Ba/c23-16-10-9-12-5-1-3-7-14(12)18(16)21-22-19-17(30(24,25)26)11-13-6-2-4-8-15(13)20(19)31(27,28)29;/h1-11,23H,(H,24,25,26)(H,27,28,29);/q;+2/p-2. The minimum absolute atomic E-state index is 0. The summed E-state index contributed by atoms with van der Waals surface area (Å²) in [7, 11) is -10.3. The SMILES string of the molecule is O=S(=O)([O-])c1cc2ccccc2c(S(=O)(=O)O)c1N=Nc1c([O-])ccc2ccccc12.[Ba+2]. The van der Waals surface area contributed by atoms with Crippen molar-refractivity contribution in [1.29, 1.82) is 0 Å². The Morgan fingerprint density at radius 1 is 0.750 bits per heavy atom. The molecule has 0 amide bonds. The van der Waals surface area contributed by atoms with Crippen LogP contribution in [0.3, 0.4) is 0 Å². The molecule has 0 atom stereocenters. The fourth-order valence-electron chi connectivity index (χ4n) is 3.26. The van der Waals surface area contributed by atoms with E-state index in [4.69, 9.17) is 0 Å². The molecule has 0 heterocycles. The number of benzene rings is 4. The first-order valence-corrected chi connectivity index (χ1v) is 11.5. The van der Waals surface area contributed by atoms with E-state index in [-0.39, 0.29) is 65.3 Å². The van der Waals surface area contributed by atoms with Gasteiger partial charge in [0.15, 0.2) is 0 Å². The summed E-state index contributed by atoms with van der Waals surface area (Å²) in [6, 6.07) is 16.1. The molecular weight excluding hydrogens is 582 g/mol. The van der Waals surface area contributed by atoms with Crippen LogP contribution < -0.4 is 5.11 Å². The molecule has 12 heteroatoms. The maximum atomic E-state index is 12.3. The third kappa shape index (κ3) is 4.76. The molecule has 0 saturated heterocycles. The normalized spacial score (nSPS) is 12.3. The predicted octanol–water partition coefficient (Wildman–Crippen LogP) is 3.25. The van der Waals surface area contributed by atoms with Crippen molar-refractivity contribution in [3.63, 3.8) is 0 Å². The summed E-state index contributed by atoms with van der Waals surface area (Å²) >= 11 is 0. The van der Waals surface area contributed by atoms with Crippen molar-refractivity contribution in [2.75, 3.05) is 0 Å². The predicted molar refractivity (Wildman–Crippen MR) is 115 cm³/mol. The van der Waals surface area contributed by atoms with Crippen LogP contribution in [0.2, 0.25) is 0 Å². The van der Waals surface area contributed by atoms with Gasteiger partial charge in [-0.1, -0.05) is 66.4 Å². The van der Waals surface area contributed by atoms with Crippen LogP contribution in [0, 0.1) is 0 Å². The first kappa shape index (κ1) is 24.8. The molecule has 0 aliphatic heterocycles. The van der Waals surface area contributed by atoms with Gasteiger partial charge in [-0.2, -0.15) is 13.5 Å². The van der Waals surface area contributed by atoms with Gasteiger partial charge in [0.25, 0.3) is 10.1 Å². The van der Waals surface area contributed by atoms with E-state index in [1.165, 1.54) is 30.3 Å². The quantitative estimate of drug-likeness (QED) is 0.216. The summed E-state index contributed by atoms with van der Waals surface area (Å²) in [5.41, 5.74) is -1.05. The summed E-state index contributed by atoms with van der Waals surface area (Å²) in [4.78, 5) is -1.88. The van der Waals surface area contributed by atoms with Crippen molar-refractivity contribution in [2.45, 2.75) is 9.79 Å². The Hall–Kier alpha value is -1.81. The minimum Gasteiger partial charge on any atom is -0.871 e. The van der Waals surface area contributed by atoms with Crippen molar-refractivity contribution < 1.29 is 31.0 Å². The van der Waals surface area contributed by atoms with Crippen LogP contribution in [-0.2, 0) is 20.2 Å². The van der Waals surface area contributed by atoms with Crippen molar-refractivity contribution in [1.82, 2.24) is 0 Å². The molecular formula is C20H12BaN2O7S2. The minimum atomic E-state index is -5.22. The van der Waals surface area contributed by atoms with Gasteiger partial charge in [-0.3, -0.25) is 4.55 Å². The summed E-state index contributed by atoms with van der Waals surface area (Å²) in [6.45, 7) is 0. The molecule has 32 heavy (non-hydrogen) atoms. The molecule has 0 aliphatic carbocycles. The fraction of sp³-hybridized carbons (Fsp3) is 0. The van der Waals surface area contributed by atoms with Gasteiger partial charge in [-0.25, -0.2) is 8.42 Å². The second-order valence-electron chi connectivity index (χ2n) is 6.54. The van der Waals surface area contributed by atoms with Gasteiger partial charge in [0.1, 0.15) is 20.7 Å². The number of azo groups is 1. The van der Waals surface area contributed by atoms with Crippen LogP contribution in [0.4, 0.5) is 11.4 Å². The van der Waals surface area contributed by atoms with E-state index < -0.39 is 41.5 Å². The van der Waals surface area contributed by atoms with Gasteiger partial charge in [-0.15, -0.1) is 5.11 Å². The number of nitrogens with zero attached hydrogens (tertiary/aromatic N) is 2. The average molecular weight is 594 g/mol. The monoisotopic (exact) mass is 594 g/mol. The van der Waals surface area contributed by atoms with Crippen LogP contribution in [-0.4, -0.2) is 74.8 Å². The van der Waals surface area contributed by atoms with Gasteiger partial charge in [0.05, 0.1) is 10.6 Å². The van der Waals surface area contributed by atoms with Gasteiger partial charge in [0, 0.05) is 10.8 Å². The molecule has 0 spiro atoms. The van der Waals surface area contributed by atoms with Crippen LogP contribution in [0.25, 0.3) is 21.5 Å². The summed E-state index contributed by atoms with van der Waals surface area (Å²) in [5, 5.41) is 20.8. The van der Waals surface area contributed by atoms with Crippen molar-refractivity contribution in [2.24, 2.45) is 10.2 Å². The molecule has 0 saturated carbocycles. The van der Waals surface area contributed by atoms with Crippen LogP contribution in [0.5, 0.6) is 5.75 Å². The second-order valence-corrected chi connectivity index (χ2v) is 9.24. The first-order chi connectivity index (χ1) is 14.6. The molecule has 4 aromatic rings. The summed E-state index contributed by atoms with van der Waals surface area (Å²) < 4.78 is 69.7. The number of rotatable bonds is 4. The molecule has 1 N–H and O–H groups in total. The van der Waals surface area contributed by atoms with Crippen molar-refractivity contribution >= 4 is 102 Å². The Labute approximate surface area is 223 Å². The van der Waals surface area contributed by atoms with E-state index in [1.807, 2.05) is 0 Å². The molecule has 9 nitrogen and oxygen atoms in total. The molecule has 4 rings (SSSR count). The third-order valence-electron chi connectivity index (χ3n) is 4.58. The number of fused-ring (bicyclic) bond motifs is 2. The van der Waals surface area contributed by atoms with Gasteiger partial charge < -0.3 is 9.66 Å². The van der Waals surface area contributed by atoms with Crippen LogP contribution in [0.1, 0.15) is 0 Å². The largest absolute Gasteiger partial charge is 2.00 e. The van der Waals surface area contributed by atoms with Gasteiger partial charge >= 0.3 is 48.9 Å².